The Morgan fingerprint density at radius 2 is 1.96 bits per heavy atom. The molecule has 150 valence electrons. The van der Waals surface area contributed by atoms with Crippen molar-refractivity contribution in [2.24, 2.45) is 10.9 Å². The zero-order chi connectivity index (χ0) is 20.1. The molecular weight excluding hydrogens is 353 g/mol. The van der Waals surface area contributed by atoms with Crippen molar-refractivity contribution in [2.45, 2.75) is 58.7 Å². The minimum absolute atomic E-state index is 0.145. The van der Waals surface area contributed by atoms with Gasteiger partial charge in [0.2, 0.25) is 0 Å². The summed E-state index contributed by atoms with van der Waals surface area (Å²) >= 11 is 0. The number of rotatable bonds is 6. The van der Waals surface area contributed by atoms with Gasteiger partial charge in [0, 0.05) is 25.2 Å². The number of likely N-dealkylation sites (tertiary alicyclic amines) is 1. The molecule has 0 aromatic heterocycles. The molecule has 0 spiro atoms. The Labute approximate surface area is 152 Å². The second-order valence-corrected chi connectivity index (χ2v) is 6.88. The molecule has 0 amide bonds. The fourth-order valence-electron chi connectivity index (χ4n) is 3.07. The largest absolute Gasteiger partial charge is 0.417 e. The summed E-state index contributed by atoms with van der Waals surface area (Å²) in [7, 11) is 1.64. The lowest BCUT2D eigenvalue weighted by molar-refractivity contribution is -0.0950. The number of nitrogens with one attached hydrogen (secondary N) is 1. The topological polar surface area (TPSA) is 27.6 Å². The van der Waals surface area contributed by atoms with E-state index in [2.05, 4.69) is 10.3 Å². The second kappa shape index (κ2) is 8.97. The molecule has 1 heterocycles. The van der Waals surface area contributed by atoms with Crippen LogP contribution in [0.3, 0.4) is 0 Å². The smallest absolute Gasteiger partial charge is 0.369 e. The van der Waals surface area contributed by atoms with Crippen LogP contribution in [0.25, 0.3) is 0 Å². The van der Waals surface area contributed by atoms with Crippen LogP contribution in [-0.4, -0.2) is 49.4 Å². The molecule has 1 unspecified atom stereocenters. The summed E-state index contributed by atoms with van der Waals surface area (Å²) in [6, 6.07) is -0.145. The van der Waals surface area contributed by atoms with Gasteiger partial charge in [-0.2, -0.15) is 13.2 Å². The van der Waals surface area contributed by atoms with E-state index in [9.17, 15) is 22.0 Å². The summed E-state index contributed by atoms with van der Waals surface area (Å²) in [4.78, 5) is 5.58. The van der Waals surface area contributed by atoms with Crippen LogP contribution in [0.15, 0.2) is 28.0 Å². The van der Waals surface area contributed by atoms with E-state index in [0.717, 1.165) is 17.9 Å². The molecule has 0 aromatic rings. The van der Waals surface area contributed by atoms with Crippen LogP contribution >= 0.6 is 0 Å². The Hall–Kier alpha value is -1.44. The van der Waals surface area contributed by atoms with E-state index in [1.54, 1.807) is 25.8 Å². The predicted molar refractivity (Wildman–Crippen MR) is 94.4 cm³/mol. The molecule has 1 N–H and O–H groups in total. The molecule has 0 radical (unpaired) electrons. The first-order chi connectivity index (χ1) is 11.9. The van der Waals surface area contributed by atoms with Gasteiger partial charge in [-0.05, 0) is 38.8 Å². The molecule has 26 heavy (non-hydrogen) atoms. The van der Waals surface area contributed by atoms with Gasteiger partial charge >= 0.3 is 6.18 Å². The van der Waals surface area contributed by atoms with E-state index in [1.807, 2.05) is 6.92 Å². The van der Waals surface area contributed by atoms with Gasteiger partial charge in [-0.25, -0.2) is 13.8 Å². The van der Waals surface area contributed by atoms with E-state index in [0.29, 0.717) is 18.8 Å². The van der Waals surface area contributed by atoms with E-state index in [-0.39, 0.29) is 24.9 Å². The van der Waals surface area contributed by atoms with E-state index in [1.165, 1.54) is 6.92 Å². The van der Waals surface area contributed by atoms with Gasteiger partial charge in [-0.3, -0.25) is 4.90 Å². The van der Waals surface area contributed by atoms with Crippen molar-refractivity contribution in [1.82, 2.24) is 10.2 Å². The third kappa shape index (κ3) is 6.37. The molecule has 0 bridgehead atoms. The van der Waals surface area contributed by atoms with Crippen molar-refractivity contribution in [3.05, 3.63) is 23.0 Å². The van der Waals surface area contributed by atoms with Crippen LogP contribution in [0, 0.1) is 5.92 Å². The summed E-state index contributed by atoms with van der Waals surface area (Å²) < 4.78 is 65.7. The van der Waals surface area contributed by atoms with Crippen molar-refractivity contribution < 1.29 is 22.0 Å². The fraction of sp³-hybridized carbons (Fsp3) is 0.722. The number of halogens is 5. The maximum absolute atomic E-state index is 13.6. The van der Waals surface area contributed by atoms with Crippen LogP contribution < -0.4 is 5.32 Å². The molecule has 0 aliphatic carbocycles. The average Bonchev–Trinajstić information content (AvgIpc) is 2.49. The molecule has 1 fully saturated rings. The van der Waals surface area contributed by atoms with Crippen molar-refractivity contribution >= 4 is 6.21 Å². The SMILES string of the molecule is C\C=C(/C=N\C(NC[C@@H]1C(C)CC(F)(F)CN1C)=C(\C)CC)C(F)(F)F. The third-order valence-electron chi connectivity index (χ3n) is 4.71. The van der Waals surface area contributed by atoms with Gasteiger partial charge in [0.05, 0.1) is 12.1 Å². The lowest BCUT2D eigenvalue weighted by Gasteiger charge is -2.41. The van der Waals surface area contributed by atoms with Gasteiger partial charge < -0.3 is 5.32 Å². The number of alkyl halides is 5. The minimum Gasteiger partial charge on any atom is -0.369 e. The fourth-order valence-corrected chi connectivity index (χ4v) is 3.07. The second-order valence-electron chi connectivity index (χ2n) is 6.88. The van der Waals surface area contributed by atoms with E-state index < -0.39 is 17.7 Å². The number of hydrogen-bond acceptors (Lipinski definition) is 3. The van der Waals surface area contributed by atoms with Gasteiger partial charge in [-0.15, -0.1) is 0 Å². The monoisotopic (exact) mass is 381 g/mol. The van der Waals surface area contributed by atoms with Crippen molar-refractivity contribution in [2.75, 3.05) is 20.1 Å². The molecule has 0 saturated carbocycles. The third-order valence-corrected chi connectivity index (χ3v) is 4.71. The molecule has 3 nitrogen and oxygen atoms in total. The first-order valence-corrected chi connectivity index (χ1v) is 8.70. The zero-order valence-electron chi connectivity index (χ0n) is 15.9. The lowest BCUT2D eigenvalue weighted by atomic mass is 9.89. The number of likely N-dealkylation sites (N-methyl/N-ethyl adjacent to an activating group) is 1. The highest BCUT2D eigenvalue weighted by Crippen LogP contribution is 2.33. The highest BCUT2D eigenvalue weighted by Gasteiger charge is 2.42. The quantitative estimate of drug-likeness (QED) is 0.530. The Morgan fingerprint density at radius 1 is 1.35 bits per heavy atom. The number of allylic oxidation sites excluding steroid dienone is 3. The Bertz CT molecular complexity index is 550. The Kier molecular flexibility index (Phi) is 7.80. The van der Waals surface area contributed by atoms with Crippen LogP contribution in [0.2, 0.25) is 0 Å². The van der Waals surface area contributed by atoms with Gasteiger partial charge in [-0.1, -0.05) is 19.9 Å². The maximum atomic E-state index is 13.6. The normalized spacial score (nSPS) is 26.2. The molecule has 1 aliphatic heterocycles. The number of aliphatic imine (C=N–C) groups is 1. The first-order valence-electron chi connectivity index (χ1n) is 8.70. The minimum atomic E-state index is -4.47. The number of nitrogens with zero attached hydrogens (tertiary/aromatic N) is 2. The van der Waals surface area contributed by atoms with Gasteiger partial charge in [0.15, 0.2) is 0 Å². The molecule has 8 heteroatoms. The van der Waals surface area contributed by atoms with E-state index in [4.69, 9.17) is 0 Å². The maximum Gasteiger partial charge on any atom is 0.417 e. The van der Waals surface area contributed by atoms with Gasteiger partial charge in [0.25, 0.3) is 5.92 Å². The highest BCUT2D eigenvalue weighted by molar-refractivity contribution is 5.80. The Morgan fingerprint density at radius 3 is 2.42 bits per heavy atom. The summed E-state index contributed by atoms with van der Waals surface area (Å²) in [6.45, 7) is 6.74. The highest BCUT2D eigenvalue weighted by atomic mass is 19.4. The number of hydrogen-bond donors (Lipinski definition) is 1. The van der Waals surface area contributed by atoms with Crippen LogP contribution in [0.5, 0.6) is 0 Å². The molecular formula is C18H28F5N3. The van der Waals surface area contributed by atoms with Crippen LogP contribution in [0.4, 0.5) is 22.0 Å². The Balaban J connectivity index is 2.88. The summed E-state index contributed by atoms with van der Waals surface area (Å²) in [5, 5.41) is 3.06. The van der Waals surface area contributed by atoms with Crippen molar-refractivity contribution in [3.8, 4) is 0 Å². The summed E-state index contributed by atoms with van der Waals surface area (Å²) in [6.07, 6.45) is -2.29. The van der Waals surface area contributed by atoms with Crippen molar-refractivity contribution in [3.63, 3.8) is 0 Å². The molecule has 0 aromatic carbocycles. The van der Waals surface area contributed by atoms with Gasteiger partial charge in [0.1, 0.15) is 5.82 Å². The standard InChI is InChI=1S/C18H28F5N3/c1-6-12(3)16(24-9-14(7-2)18(21,22)23)25-10-15-13(4)8-17(19,20)11-26(15)5/h7,9,13,15,25H,6,8,10-11H2,1-5H3/b14-7+,16-12+,24-9-/t13?,15-/m1/s1. The average molecular weight is 381 g/mol. The molecule has 1 aliphatic rings. The number of piperidine rings is 1. The molecule has 1 rings (SSSR count). The first kappa shape index (κ1) is 22.6. The lowest BCUT2D eigenvalue weighted by Crippen LogP contribution is -2.54. The molecule has 2 atom stereocenters. The predicted octanol–water partition coefficient (Wildman–Crippen LogP) is 4.77. The molecule has 1 saturated heterocycles. The summed E-state index contributed by atoms with van der Waals surface area (Å²) in [5.74, 6) is -2.60. The van der Waals surface area contributed by atoms with E-state index >= 15 is 0 Å². The zero-order valence-corrected chi connectivity index (χ0v) is 15.9. The van der Waals surface area contributed by atoms with Crippen molar-refractivity contribution in [1.29, 1.82) is 0 Å². The van der Waals surface area contributed by atoms with Crippen LogP contribution in [-0.2, 0) is 0 Å². The van der Waals surface area contributed by atoms with Crippen LogP contribution in [0.1, 0.15) is 40.5 Å². The summed E-state index contributed by atoms with van der Waals surface area (Å²) in [5.41, 5.74) is -0.0289.